The number of hydrogen-bond donors (Lipinski definition) is 1. The van der Waals surface area contributed by atoms with Crippen LogP contribution in [0.25, 0.3) is 0 Å². The van der Waals surface area contributed by atoms with E-state index in [9.17, 15) is 0 Å². The Morgan fingerprint density at radius 3 is 2.75 bits per heavy atom. The molecule has 0 radical (unpaired) electrons. The predicted molar refractivity (Wildman–Crippen MR) is 85.3 cm³/mol. The van der Waals surface area contributed by atoms with Gasteiger partial charge in [-0.1, -0.05) is 33.6 Å². The summed E-state index contributed by atoms with van der Waals surface area (Å²) < 4.78 is 0. The lowest BCUT2D eigenvalue weighted by atomic mass is 9.93. The molecule has 1 aromatic rings. The van der Waals surface area contributed by atoms with E-state index >= 15 is 0 Å². The third kappa shape index (κ3) is 3.07. The average Bonchev–Trinajstić information content (AvgIpc) is 2.99. The molecule has 2 aliphatic rings. The third-order valence-corrected chi connectivity index (χ3v) is 5.53. The van der Waals surface area contributed by atoms with Gasteiger partial charge in [0, 0.05) is 36.0 Å². The van der Waals surface area contributed by atoms with Crippen LogP contribution in [0.2, 0.25) is 0 Å². The SMILES string of the molecule is CC(C)(C)c1csc(CN2CCNC3(CCCC3)C2)n1. The topological polar surface area (TPSA) is 28.2 Å². The summed E-state index contributed by atoms with van der Waals surface area (Å²) in [6.45, 7) is 11.3. The van der Waals surface area contributed by atoms with Crippen molar-refractivity contribution in [3.63, 3.8) is 0 Å². The van der Waals surface area contributed by atoms with Crippen molar-refractivity contribution < 1.29 is 0 Å². The van der Waals surface area contributed by atoms with Gasteiger partial charge in [0.05, 0.1) is 12.2 Å². The van der Waals surface area contributed by atoms with E-state index in [4.69, 9.17) is 4.98 Å². The Balaban J connectivity index is 1.64. The van der Waals surface area contributed by atoms with Crippen molar-refractivity contribution in [3.05, 3.63) is 16.1 Å². The molecule has 1 aromatic heterocycles. The molecule has 4 heteroatoms. The van der Waals surface area contributed by atoms with Crippen molar-refractivity contribution in [2.24, 2.45) is 0 Å². The van der Waals surface area contributed by atoms with E-state index in [1.807, 2.05) is 11.3 Å². The molecule has 1 N–H and O–H groups in total. The monoisotopic (exact) mass is 293 g/mol. The van der Waals surface area contributed by atoms with Crippen LogP contribution in [0.4, 0.5) is 0 Å². The van der Waals surface area contributed by atoms with Gasteiger partial charge in [-0.05, 0) is 12.8 Å². The smallest absolute Gasteiger partial charge is 0.107 e. The highest BCUT2D eigenvalue weighted by molar-refractivity contribution is 7.09. The van der Waals surface area contributed by atoms with E-state index in [2.05, 4.69) is 36.4 Å². The zero-order chi connectivity index (χ0) is 14.2. The van der Waals surface area contributed by atoms with Gasteiger partial charge in [0.15, 0.2) is 0 Å². The first kappa shape index (κ1) is 14.5. The van der Waals surface area contributed by atoms with E-state index < -0.39 is 0 Å². The molecule has 3 nitrogen and oxygen atoms in total. The predicted octanol–water partition coefficient (Wildman–Crippen LogP) is 3.16. The van der Waals surface area contributed by atoms with E-state index in [0.29, 0.717) is 5.54 Å². The Morgan fingerprint density at radius 1 is 1.35 bits per heavy atom. The zero-order valence-corrected chi connectivity index (χ0v) is 13.9. The Morgan fingerprint density at radius 2 is 2.10 bits per heavy atom. The molecule has 3 rings (SSSR count). The van der Waals surface area contributed by atoms with Crippen molar-refractivity contribution >= 4 is 11.3 Å². The molecule has 1 aliphatic heterocycles. The van der Waals surface area contributed by atoms with Gasteiger partial charge < -0.3 is 5.32 Å². The van der Waals surface area contributed by atoms with Crippen LogP contribution in [0.15, 0.2) is 5.38 Å². The van der Waals surface area contributed by atoms with E-state index in [0.717, 1.165) is 19.6 Å². The Hall–Kier alpha value is -0.450. The fraction of sp³-hybridized carbons (Fsp3) is 0.812. The minimum atomic E-state index is 0.172. The van der Waals surface area contributed by atoms with Gasteiger partial charge in [-0.25, -0.2) is 4.98 Å². The zero-order valence-electron chi connectivity index (χ0n) is 13.0. The summed E-state index contributed by atoms with van der Waals surface area (Å²) >= 11 is 1.83. The number of thiazole rings is 1. The highest BCUT2D eigenvalue weighted by Crippen LogP contribution is 2.32. The molecule has 1 saturated heterocycles. The molecule has 1 spiro atoms. The summed E-state index contributed by atoms with van der Waals surface area (Å²) in [5.41, 5.74) is 1.83. The van der Waals surface area contributed by atoms with Crippen LogP contribution in [0.5, 0.6) is 0 Å². The average molecular weight is 293 g/mol. The highest BCUT2D eigenvalue weighted by atomic mass is 32.1. The van der Waals surface area contributed by atoms with Gasteiger partial charge >= 0.3 is 0 Å². The van der Waals surface area contributed by atoms with Crippen LogP contribution < -0.4 is 5.32 Å². The second-order valence-corrected chi connectivity index (χ2v) is 8.44. The summed E-state index contributed by atoms with van der Waals surface area (Å²) in [5.74, 6) is 0. The lowest BCUT2D eigenvalue weighted by Gasteiger charge is -2.41. The van der Waals surface area contributed by atoms with Crippen molar-refractivity contribution in [1.29, 1.82) is 0 Å². The fourth-order valence-corrected chi connectivity index (χ4v) is 4.55. The largest absolute Gasteiger partial charge is 0.309 e. The third-order valence-electron chi connectivity index (χ3n) is 4.69. The molecule has 0 amide bonds. The summed E-state index contributed by atoms with van der Waals surface area (Å²) in [4.78, 5) is 7.45. The van der Waals surface area contributed by atoms with Crippen molar-refractivity contribution in [2.75, 3.05) is 19.6 Å². The van der Waals surface area contributed by atoms with E-state index in [-0.39, 0.29) is 5.41 Å². The molecule has 2 fully saturated rings. The number of nitrogens with one attached hydrogen (secondary N) is 1. The Kier molecular flexibility index (Phi) is 3.91. The minimum absolute atomic E-state index is 0.172. The lowest BCUT2D eigenvalue weighted by molar-refractivity contribution is 0.128. The first-order valence-electron chi connectivity index (χ1n) is 7.89. The molecule has 112 valence electrons. The van der Waals surface area contributed by atoms with Crippen LogP contribution >= 0.6 is 11.3 Å². The summed E-state index contributed by atoms with van der Waals surface area (Å²) in [7, 11) is 0. The highest BCUT2D eigenvalue weighted by Gasteiger charge is 2.37. The number of hydrogen-bond acceptors (Lipinski definition) is 4. The Labute approximate surface area is 126 Å². The maximum absolute atomic E-state index is 4.85. The molecule has 2 heterocycles. The molecule has 0 atom stereocenters. The van der Waals surface area contributed by atoms with Gasteiger partial charge in [0.1, 0.15) is 5.01 Å². The number of aromatic nitrogens is 1. The van der Waals surface area contributed by atoms with Crippen LogP contribution in [0, 0.1) is 0 Å². The second kappa shape index (κ2) is 5.39. The second-order valence-electron chi connectivity index (χ2n) is 7.50. The molecular formula is C16H27N3S. The van der Waals surface area contributed by atoms with Crippen LogP contribution in [0.1, 0.15) is 57.2 Å². The first-order valence-corrected chi connectivity index (χ1v) is 8.77. The molecule has 1 saturated carbocycles. The maximum Gasteiger partial charge on any atom is 0.107 e. The molecule has 0 aromatic carbocycles. The number of piperazine rings is 1. The van der Waals surface area contributed by atoms with Gasteiger partial charge in [0.2, 0.25) is 0 Å². The molecule has 20 heavy (non-hydrogen) atoms. The van der Waals surface area contributed by atoms with Crippen LogP contribution in [-0.2, 0) is 12.0 Å². The quantitative estimate of drug-likeness (QED) is 0.908. The van der Waals surface area contributed by atoms with Crippen LogP contribution in [0.3, 0.4) is 0 Å². The summed E-state index contributed by atoms with van der Waals surface area (Å²) in [6.07, 6.45) is 5.50. The van der Waals surface area contributed by atoms with Crippen LogP contribution in [-0.4, -0.2) is 35.1 Å². The van der Waals surface area contributed by atoms with Gasteiger partial charge in [0.25, 0.3) is 0 Å². The normalized spacial score (nSPS) is 23.6. The van der Waals surface area contributed by atoms with E-state index in [1.165, 1.54) is 42.9 Å². The number of nitrogens with zero attached hydrogens (tertiary/aromatic N) is 2. The number of rotatable bonds is 2. The van der Waals surface area contributed by atoms with Gasteiger partial charge in [-0.3, -0.25) is 4.90 Å². The fourth-order valence-electron chi connectivity index (χ4n) is 3.48. The van der Waals surface area contributed by atoms with Crippen molar-refractivity contribution in [3.8, 4) is 0 Å². The standard InChI is InChI=1S/C16H27N3S/c1-15(2,3)13-11-20-14(18-13)10-19-9-8-17-16(12-19)6-4-5-7-16/h11,17H,4-10,12H2,1-3H3. The molecule has 1 aliphatic carbocycles. The first-order chi connectivity index (χ1) is 9.47. The Bertz CT molecular complexity index is 455. The summed E-state index contributed by atoms with van der Waals surface area (Å²) in [6, 6.07) is 0. The van der Waals surface area contributed by atoms with Crippen molar-refractivity contribution in [1.82, 2.24) is 15.2 Å². The van der Waals surface area contributed by atoms with E-state index in [1.54, 1.807) is 0 Å². The molecule has 0 bridgehead atoms. The van der Waals surface area contributed by atoms with Crippen molar-refractivity contribution in [2.45, 2.75) is 64.0 Å². The minimum Gasteiger partial charge on any atom is -0.309 e. The van der Waals surface area contributed by atoms with Gasteiger partial charge in [-0.2, -0.15) is 0 Å². The summed E-state index contributed by atoms with van der Waals surface area (Å²) in [5, 5.41) is 7.30. The van der Waals surface area contributed by atoms with Gasteiger partial charge in [-0.15, -0.1) is 11.3 Å². The molecule has 0 unspecified atom stereocenters. The lowest BCUT2D eigenvalue weighted by Crippen LogP contribution is -2.58. The maximum atomic E-state index is 4.85. The molecular weight excluding hydrogens is 266 g/mol.